The summed E-state index contributed by atoms with van der Waals surface area (Å²) in [5.41, 5.74) is 4.15. The van der Waals surface area contributed by atoms with Crippen LogP contribution < -0.4 is 0 Å². The highest BCUT2D eigenvalue weighted by Crippen LogP contribution is 2.25. The molecule has 0 radical (unpaired) electrons. The highest BCUT2D eigenvalue weighted by Gasteiger charge is 2.22. The maximum atomic E-state index is 12.7. The van der Waals surface area contributed by atoms with Crippen molar-refractivity contribution in [2.45, 2.75) is 47.2 Å². The van der Waals surface area contributed by atoms with Crippen LogP contribution in [0.4, 0.5) is 0 Å². The first-order valence-corrected chi connectivity index (χ1v) is 9.70. The van der Waals surface area contributed by atoms with Crippen LogP contribution in [0.15, 0.2) is 36.4 Å². The normalized spacial score (nSPS) is 12.2. The Balaban J connectivity index is 2.32. The Bertz CT molecular complexity index is 866. The summed E-state index contributed by atoms with van der Waals surface area (Å²) in [7, 11) is 1.78. The molecule has 150 valence electrons. The molecule has 1 heterocycles. The average Bonchev–Trinajstić information content (AvgIpc) is 2.94. The van der Waals surface area contributed by atoms with Gasteiger partial charge < -0.3 is 14.2 Å². The van der Waals surface area contributed by atoms with Crippen LogP contribution >= 0.6 is 0 Å². The Morgan fingerprint density at radius 1 is 1.14 bits per heavy atom. The smallest absolute Gasteiger partial charge is 0.340 e. The average molecular weight is 383 g/mol. The largest absolute Gasteiger partial charge is 0.462 e. The molecular weight excluding hydrogens is 352 g/mol. The van der Waals surface area contributed by atoms with Gasteiger partial charge in [-0.3, -0.25) is 4.79 Å². The monoisotopic (exact) mass is 382 g/mol. The van der Waals surface area contributed by atoms with Gasteiger partial charge in [-0.05, 0) is 46.3 Å². The highest BCUT2D eigenvalue weighted by atomic mass is 16.5. The molecule has 5 nitrogen and oxygen atoms in total. The number of ether oxygens (including phenoxy) is 1. The van der Waals surface area contributed by atoms with Crippen molar-refractivity contribution in [1.82, 2.24) is 9.47 Å². The summed E-state index contributed by atoms with van der Waals surface area (Å²) in [6.45, 7) is 10.7. The highest BCUT2D eigenvalue weighted by molar-refractivity contribution is 5.98. The van der Waals surface area contributed by atoms with Crippen molar-refractivity contribution in [3.8, 4) is 0 Å². The van der Waals surface area contributed by atoms with Crippen LogP contribution in [0.25, 0.3) is 6.08 Å². The first-order chi connectivity index (χ1) is 13.3. The lowest BCUT2D eigenvalue weighted by atomic mass is 10.1. The lowest BCUT2D eigenvalue weighted by Crippen LogP contribution is -2.27. The predicted octanol–water partition coefficient (Wildman–Crippen LogP) is 4.53. The van der Waals surface area contributed by atoms with Crippen molar-refractivity contribution in [3.63, 3.8) is 0 Å². The van der Waals surface area contributed by atoms with Crippen molar-refractivity contribution in [1.29, 1.82) is 0 Å². The number of rotatable bonds is 7. The second-order valence-corrected chi connectivity index (χ2v) is 6.79. The summed E-state index contributed by atoms with van der Waals surface area (Å²) in [5, 5.41) is 0. The molecule has 5 heteroatoms. The summed E-state index contributed by atoms with van der Waals surface area (Å²) in [6, 6.07) is 9.85. The van der Waals surface area contributed by atoms with Gasteiger partial charge in [0, 0.05) is 36.6 Å². The van der Waals surface area contributed by atoms with E-state index in [0.29, 0.717) is 12.2 Å². The van der Waals surface area contributed by atoms with Gasteiger partial charge in [-0.1, -0.05) is 30.3 Å². The van der Waals surface area contributed by atoms with Gasteiger partial charge in [0.05, 0.1) is 18.2 Å². The molecule has 0 aliphatic rings. The van der Waals surface area contributed by atoms with Crippen molar-refractivity contribution in [3.05, 3.63) is 64.5 Å². The maximum absolute atomic E-state index is 12.7. The minimum atomic E-state index is -0.353. The molecule has 1 aromatic heterocycles. The van der Waals surface area contributed by atoms with E-state index in [2.05, 4.69) is 4.57 Å². The van der Waals surface area contributed by atoms with Crippen molar-refractivity contribution in [2.75, 3.05) is 13.7 Å². The van der Waals surface area contributed by atoms with Gasteiger partial charge in [0.2, 0.25) is 5.91 Å². The second-order valence-electron chi connectivity index (χ2n) is 6.79. The molecule has 2 aromatic rings. The third kappa shape index (κ3) is 4.35. The van der Waals surface area contributed by atoms with Gasteiger partial charge in [0.15, 0.2) is 0 Å². The number of amides is 1. The molecule has 1 atom stereocenters. The first kappa shape index (κ1) is 21.5. The summed E-state index contributed by atoms with van der Waals surface area (Å²) >= 11 is 0. The molecule has 1 unspecified atom stereocenters. The van der Waals surface area contributed by atoms with Gasteiger partial charge in [-0.2, -0.15) is 0 Å². The molecule has 2 rings (SSSR count). The Morgan fingerprint density at radius 2 is 1.79 bits per heavy atom. The molecule has 28 heavy (non-hydrogen) atoms. The zero-order valence-corrected chi connectivity index (χ0v) is 17.7. The number of carbonyl (C=O) groups is 2. The molecule has 1 aromatic carbocycles. The SMILES string of the molecule is CCOC(=O)c1c(/C=C/C(=O)N(C)C(C)c2ccccc2)c(C)n(CC)c1C. The summed E-state index contributed by atoms with van der Waals surface area (Å²) < 4.78 is 7.29. The number of benzene rings is 1. The van der Waals surface area contributed by atoms with Crippen molar-refractivity contribution >= 4 is 18.0 Å². The zero-order valence-electron chi connectivity index (χ0n) is 17.7. The fourth-order valence-electron chi connectivity index (χ4n) is 3.47. The maximum Gasteiger partial charge on any atom is 0.340 e. The summed E-state index contributed by atoms with van der Waals surface area (Å²) in [6.07, 6.45) is 3.27. The number of esters is 1. The van der Waals surface area contributed by atoms with Crippen LogP contribution in [0.1, 0.15) is 59.7 Å². The quantitative estimate of drug-likeness (QED) is 0.522. The lowest BCUT2D eigenvalue weighted by Gasteiger charge is -2.24. The van der Waals surface area contributed by atoms with Gasteiger partial charge in [-0.15, -0.1) is 0 Å². The summed E-state index contributed by atoms with van der Waals surface area (Å²) in [4.78, 5) is 26.9. The van der Waals surface area contributed by atoms with E-state index >= 15 is 0 Å². The van der Waals surface area contributed by atoms with Crippen LogP contribution in [0.3, 0.4) is 0 Å². The topological polar surface area (TPSA) is 51.5 Å². The standard InChI is InChI=1S/C23H30N2O3/c1-7-25-17(4)20(22(18(25)5)23(27)28-8-2)14-15-21(26)24(6)16(3)19-12-10-9-11-13-19/h9-16H,7-8H2,1-6H3/b15-14+. The lowest BCUT2D eigenvalue weighted by molar-refractivity contribution is -0.126. The van der Waals surface area contributed by atoms with E-state index in [9.17, 15) is 9.59 Å². The van der Waals surface area contributed by atoms with E-state index in [1.54, 1.807) is 24.9 Å². The second kappa shape index (κ2) is 9.40. The molecule has 1 amide bonds. The minimum absolute atomic E-state index is 0.0500. The van der Waals surface area contributed by atoms with E-state index < -0.39 is 0 Å². The Labute approximate surface area is 167 Å². The van der Waals surface area contributed by atoms with E-state index in [1.807, 2.05) is 58.0 Å². The molecule has 0 spiro atoms. The third-order valence-electron chi connectivity index (χ3n) is 5.23. The van der Waals surface area contributed by atoms with E-state index in [1.165, 1.54) is 6.08 Å². The number of aromatic nitrogens is 1. The number of hydrogen-bond donors (Lipinski definition) is 0. The molecule has 0 aliphatic carbocycles. The molecule has 0 saturated heterocycles. The van der Waals surface area contributed by atoms with Gasteiger partial charge >= 0.3 is 5.97 Å². The predicted molar refractivity (Wildman–Crippen MR) is 112 cm³/mol. The molecule has 0 N–H and O–H groups in total. The fraction of sp³-hybridized carbons (Fsp3) is 0.391. The summed E-state index contributed by atoms with van der Waals surface area (Å²) in [5.74, 6) is -0.471. The van der Waals surface area contributed by atoms with E-state index in [0.717, 1.165) is 29.1 Å². The van der Waals surface area contributed by atoms with Crippen molar-refractivity contribution < 1.29 is 14.3 Å². The Morgan fingerprint density at radius 3 is 2.36 bits per heavy atom. The Hall–Kier alpha value is -2.82. The van der Waals surface area contributed by atoms with Gasteiger partial charge in [0.25, 0.3) is 0 Å². The number of hydrogen-bond acceptors (Lipinski definition) is 3. The van der Waals surface area contributed by atoms with Crippen LogP contribution in [0.2, 0.25) is 0 Å². The number of likely N-dealkylation sites (N-methyl/N-ethyl adjacent to an activating group) is 1. The third-order valence-corrected chi connectivity index (χ3v) is 5.23. The van der Waals surface area contributed by atoms with Crippen LogP contribution in [0, 0.1) is 13.8 Å². The van der Waals surface area contributed by atoms with Crippen LogP contribution in [-0.4, -0.2) is 35.0 Å². The first-order valence-electron chi connectivity index (χ1n) is 9.70. The molecule has 0 aliphatic heterocycles. The zero-order chi connectivity index (χ0) is 20.8. The number of carbonyl (C=O) groups excluding carboxylic acids is 2. The molecule has 0 bridgehead atoms. The fourth-order valence-corrected chi connectivity index (χ4v) is 3.47. The minimum Gasteiger partial charge on any atom is -0.462 e. The van der Waals surface area contributed by atoms with Crippen molar-refractivity contribution in [2.24, 2.45) is 0 Å². The van der Waals surface area contributed by atoms with E-state index in [-0.39, 0.29) is 17.9 Å². The van der Waals surface area contributed by atoms with Crippen LogP contribution in [-0.2, 0) is 16.1 Å². The number of nitrogens with zero attached hydrogens (tertiary/aromatic N) is 2. The van der Waals surface area contributed by atoms with Gasteiger partial charge in [0.1, 0.15) is 0 Å². The molecule has 0 saturated carbocycles. The van der Waals surface area contributed by atoms with E-state index in [4.69, 9.17) is 4.74 Å². The molecular formula is C23H30N2O3. The van der Waals surface area contributed by atoms with Gasteiger partial charge in [-0.25, -0.2) is 4.79 Å². The molecule has 0 fully saturated rings. The Kier molecular flexibility index (Phi) is 7.21. The van der Waals surface area contributed by atoms with Crippen LogP contribution in [0.5, 0.6) is 0 Å².